The van der Waals surface area contributed by atoms with Crippen LogP contribution >= 0.6 is 0 Å². The van der Waals surface area contributed by atoms with E-state index in [4.69, 9.17) is 0 Å². The van der Waals surface area contributed by atoms with Gasteiger partial charge in [0, 0.05) is 51.5 Å². The first-order valence-electron chi connectivity index (χ1n) is 11.2. The predicted octanol–water partition coefficient (Wildman–Crippen LogP) is 2.60. The molecule has 0 radical (unpaired) electrons. The van der Waals surface area contributed by atoms with E-state index in [2.05, 4.69) is 15.2 Å². The third kappa shape index (κ3) is 4.74. The van der Waals surface area contributed by atoms with Gasteiger partial charge in [0.25, 0.3) is 11.8 Å². The molecule has 0 unspecified atom stereocenters. The first kappa shape index (κ1) is 22.5. The van der Waals surface area contributed by atoms with Crippen molar-refractivity contribution in [3.8, 4) is 0 Å². The van der Waals surface area contributed by atoms with Gasteiger partial charge in [0.1, 0.15) is 11.5 Å². The molecule has 0 aliphatic carbocycles. The summed E-state index contributed by atoms with van der Waals surface area (Å²) in [4.78, 5) is 48.1. The van der Waals surface area contributed by atoms with E-state index in [0.29, 0.717) is 55.2 Å². The van der Waals surface area contributed by atoms with Crippen LogP contribution in [0.2, 0.25) is 0 Å². The topological polar surface area (TPSA) is 85.8 Å². The fourth-order valence-corrected chi connectivity index (χ4v) is 4.27. The van der Waals surface area contributed by atoms with E-state index in [9.17, 15) is 14.4 Å². The molecule has 8 heteroatoms. The van der Waals surface area contributed by atoms with Gasteiger partial charge in [-0.05, 0) is 35.7 Å². The van der Waals surface area contributed by atoms with Gasteiger partial charge in [0.05, 0.1) is 5.57 Å². The molecular formula is C25H29N5O3. The zero-order valence-electron chi connectivity index (χ0n) is 19.2. The minimum Gasteiger partial charge on any atom is -0.363 e. The quantitative estimate of drug-likeness (QED) is 0.685. The molecular weight excluding hydrogens is 418 g/mol. The van der Waals surface area contributed by atoms with E-state index in [1.165, 1.54) is 11.8 Å². The van der Waals surface area contributed by atoms with Crippen LogP contribution in [0.1, 0.15) is 26.3 Å². The second-order valence-electron chi connectivity index (χ2n) is 8.76. The summed E-state index contributed by atoms with van der Waals surface area (Å²) in [7, 11) is 0. The Morgan fingerprint density at radius 1 is 0.970 bits per heavy atom. The summed E-state index contributed by atoms with van der Waals surface area (Å²) in [5, 5.41) is 2.73. The van der Waals surface area contributed by atoms with E-state index in [0.717, 1.165) is 5.82 Å². The number of pyridine rings is 1. The Morgan fingerprint density at radius 3 is 2.21 bits per heavy atom. The molecule has 2 aromatic rings. The monoisotopic (exact) mass is 447 g/mol. The summed E-state index contributed by atoms with van der Waals surface area (Å²) in [6, 6.07) is 12.9. The number of piperazine rings is 1. The zero-order chi connectivity index (χ0) is 23.5. The number of hydrogen-bond acceptors (Lipinski definition) is 6. The van der Waals surface area contributed by atoms with Crippen molar-refractivity contribution in [2.24, 2.45) is 5.92 Å². The van der Waals surface area contributed by atoms with E-state index < -0.39 is 0 Å². The average molecular weight is 448 g/mol. The highest BCUT2D eigenvalue weighted by atomic mass is 16.2. The Morgan fingerprint density at radius 2 is 1.64 bits per heavy atom. The fourth-order valence-electron chi connectivity index (χ4n) is 4.27. The number of aromatic nitrogens is 1. The van der Waals surface area contributed by atoms with Crippen LogP contribution in [0.5, 0.6) is 0 Å². The number of anilines is 2. The molecule has 3 heterocycles. The van der Waals surface area contributed by atoms with Crippen molar-refractivity contribution in [2.75, 3.05) is 42.9 Å². The first-order valence-corrected chi connectivity index (χ1v) is 11.2. The largest absolute Gasteiger partial charge is 0.363 e. The van der Waals surface area contributed by atoms with Gasteiger partial charge in [-0.25, -0.2) is 4.98 Å². The Hall–Kier alpha value is -3.68. The third-order valence-corrected chi connectivity index (χ3v) is 5.75. The Balaban J connectivity index is 1.63. The number of nitrogens with one attached hydrogen (secondary N) is 1. The number of carbonyl (C=O) groups excluding carboxylic acids is 3. The second kappa shape index (κ2) is 9.44. The lowest BCUT2D eigenvalue weighted by atomic mass is 10.0. The van der Waals surface area contributed by atoms with Gasteiger partial charge in [-0.3, -0.25) is 19.3 Å². The van der Waals surface area contributed by atoms with Gasteiger partial charge in [-0.1, -0.05) is 32.0 Å². The van der Waals surface area contributed by atoms with E-state index in [1.807, 2.05) is 36.9 Å². The molecule has 1 saturated heterocycles. The van der Waals surface area contributed by atoms with Gasteiger partial charge in [-0.15, -0.1) is 0 Å². The summed E-state index contributed by atoms with van der Waals surface area (Å²) < 4.78 is 0. The molecule has 1 N–H and O–H groups in total. The number of nitrogens with zero attached hydrogens (tertiary/aromatic N) is 4. The molecule has 0 bridgehead atoms. The van der Waals surface area contributed by atoms with Crippen molar-refractivity contribution in [3.05, 3.63) is 59.9 Å². The van der Waals surface area contributed by atoms with Gasteiger partial charge in [0.15, 0.2) is 0 Å². The minimum atomic E-state index is -0.261. The molecule has 172 valence electrons. The van der Waals surface area contributed by atoms with Gasteiger partial charge >= 0.3 is 0 Å². The smallest absolute Gasteiger partial charge is 0.277 e. The number of imide groups is 1. The van der Waals surface area contributed by atoms with Gasteiger partial charge < -0.3 is 15.1 Å². The highest BCUT2D eigenvalue weighted by molar-refractivity contribution is 6.35. The van der Waals surface area contributed by atoms with Crippen LogP contribution in [-0.2, 0) is 14.4 Å². The summed E-state index contributed by atoms with van der Waals surface area (Å²) in [5.41, 5.74) is 2.22. The van der Waals surface area contributed by atoms with E-state index in [1.54, 1.807) is 30.5 Å². The predicted molar refractivity (Wildman–Crippen MR) is 127 cm³/mol. The second-order valence-corrected chi connectivity index (χ2v) is 8.76. The minimum absolute atomic E-state index is 0.163. The Kier molecular flexibility index (Phi) is 6.44. The highest BCUT2D eigenvalue weighted by Gasteiger charge is 2.42. The normalized spacial score (nSPS) is 16.8. The first-order chi connectivity index (χ1) is 15.8. The van der Waals surface area contributed by atoms with Crippen molar-refractivity contribution in [3.63, 3.8) is 0 Å². The Bertz CT molecular complexity index is 1070. The van der Waals surface area contributed by atoms with Crippen molar-refractivity contribution in [1.29, 1.82) is 0 Å². The van der Waals surface area contributed by atoms with E-state index in [-0.39, 0.29) is 23.6 Å². The van der Waals surface area contributed by atoms with Crippen LogP contribution in [0.3, 0.4) is 0 Å². The van der Waals surface area contributed by atoms with Crippen LogP contribution in [0.25, 0.3) is 5.57 Å². The van der Waals surface area contributed by atoms with Crippen LogP contribution in [0.15, 0.2) is 54.4 Å². The number of benzene rings is 1. The standard InChI is InChI=1S/C25H29N5O3/c1-17(2)16-30-24(32)22(19-7-9-20(10-8-19)27-18(3)31)23(25(30)33)29-14-12-28(13-15-29)21-6-4-5-11-26-21/h4-11,17H,12-16H2,1-3H3,(H,27,31). The van der Waals surface area contributed by atoms with E-state index >= 15 is 0 Å². The maximum Gasteiger partial charge on any atom is 0.277 e. The molecule has 2 aliphatic heterocycles. The van der Waals surface area contributed by atoms with Crippen molar-refractivity contribution < 1.29 is 14.4 Å². The molecule has 33 heavy (non-hydrogen) atoms. The SMILES string of the molecule is CC(=O)Nc1ccc(C2=C(N3CCN(c4ccccn4)CC3)C(=O)N(CC(C)C)C2=O)cc1. The molecule has 3 amide bonds. The van der Waals surface area contributed by atoms with Crippen molar-refractivity contribution >= 4 is 34.8 Å². The fraction of sp³-hybridized carbons (Fsp3) is 0.360. The summed E-state index contributed by atoms with van der Waals surface area (Å²) in [5.74, 6) is 0.421. The molecule has 0 atom stereocenters. The molecule has 1 aromatic carbocycles. The van der Waals surface area contributed by atoms with Crippen LogP contribution in [0.4, 0.5) is 11.5 Å². The summed E-state index contributed by atoms with van der Waals surface area (Å²) in [6.45, 7) is 8.46. The molecule has 0 spiro atoms. The van der Waals surface area contributed by atoms with Gasteiger partial charge in [0.2, 0.25) is 5.91 Å². The average Bonchev–Trinajstić information content (AvgIpc) is 3.04. The number of hydrogen-bond donors (Lipinski definition) is 1. The number of rotatable bonds is 6. The molecule has 0 saturated carbocycles. The maximum absolute atomic E-state index is 13.4. The third-order valence-electron chi connectivity index (χ3n) is 5.75. The Labute approximate surface area is 193 Å². The van der Waals surface area contributed by atoms with Gasteiger partial charge in [-0.2, -0.15) is 0 Å². The summed E-state index contributed by atoms with van der Waals surface area (Å²) in [6.07, 6.45) is 1.77. The number of carbonyl (C=O) groups is 3. The highest BCUT2D eigenvalue weighted by Crippen LogP contribution is 2.33. The zero-order valence-corrected chi connectivity index (χ0v) is 19.2. The lowest BCUT2D eigenvalue weighted by molar-refractivity contribution is -0.138. The maximum atomic E-state index is 13.4. The molecule has 1 fully saturated rings. The van der Waals surface area contributed by atoms with Crippen LogP contribution < -0.4 is 10.2 Å². The van der Waals surface area contributed by atoms with Crippen LogP contribution in [-0.4, -0.2) is 65.2 Å². The molecule has 4 rings (SSSR count). The molecule has 8 nitrogen and oxygen atoms in total. The lowest BCUT2D eigenvalue weighted by Crippen LogP contribution is -2.48. The number of amides is 3. The van der Waals surface area contributed by atoms with Crippen LogP contribution in [0, 0.1) is 5.92 Å². The molecule has 1 aromatic heterocycles. The van der Waals surface area contributed by atoms with Crippen molar-refractivity contribution in [1.82, 2.24) is 14.8 Å². The van der Waals surface area contributed by atoms with Crippen molar-refractivity contribution in [2.45, 2.75) is 20.8 Å². The summed E-state index contributed by atoms with van der Waals surface area (Å²) >= 11 is 0. The molecule has 2 aliphatic rings. The lowest BCUT2D eigenvalue weighted by Gasteiger charge is -2.37.